The van der Waals surface area contributed by atoms with E-state index >= 15 is 0 Å². The van der Waals surface area contributed by atoms with E-state index in [2.05, 4.69) is 26.6 Å². The molecule has 2 N–H and O–H groups in total. The quantitative estimate of drug-likeness (QED) is 0.861. The van der Waals surface area contributed by atoms with Crippen LogP contribution in [-0.4, -0.2) is 38.3 Å². The number of carbonyl (C=O) groups is 1. The van der Waals surface area contributed by atoms with Crippen LogP contribution < -0.4 is 10.6 Å². The normalized spacial score (nSPS) is 19.3. The molecule has 4 nitrogen and oxygen atoms in total. The van der Waals surface area contributed by atoms with Crippen LogP contribution in [0.3, 0.4) is 0 Å². The van der Waals surface area contributed by atoms with Crippen molar-refractivity contribution in [3.8, 4) is 0 Å². The van der Waals surface area contributed by atoms with Gasteiger partial charge in [-0.3, -0.25) is 4.79 Å². The lowest BCUT2D eigenvalue weighted by Crippen LogP contribution is -2.48. The van der Waals surface area contributed by atoms with Gasteiger partial charge in [0, 0.05) is 29.2 Å². The second-order valence-electron chi connectivity index (χ2n) is 4.63. The van der Waals surface area contributed by atoms with Crippen molar-refractivity contribution in [1.29, 1.82) is 0 Å². The second kappa shape index (κ2) is 6.76. The highest BCUT2D eigenvalue weighted by atomic mass is 79.9. The largest absolute Gasteiger partial charge is 0.417 e. The first-order valence-electron chi connectivity index (χ1n) is 6.34. The monoisotopic (exact) mass is 366 g/mol. The van der Waals surface area contributed by atoms with Crippen LogP contribution in [0.2, 0.25) is 0 Å². The second-order valence-corrected chi connectivity index (χ2v) is 5.48. The van der Waals surface area contributed by atoms with Gasteiger partial charge in [0.2, 0.25) is 0 Å². The highest BCUT2D eigenvalue weighted by Crippen LogP contribution is 2.35. The summed E-state index contributed by atoms with van der Waals surface area (Å²) >= 11 is 2.84. The first-order valence-corrected chi connectivity index (χ1v) is 7.13. The fourth-order valence-corrected chi connectivity index (χ4v) is 2.42. The molecule has 1 fully saturated rings. The molecule has 0 radical (unpaired) electrons. The molecule has 116 valence electrons. The Kier molecular flexibility index (Phi) is 5.23. The highest BCUT2D eigenvalue weighted by Gasteiger charge is 2.33. The fourth-order valence-electron chi connectivity index (χ4n) is 1.95. The van der Waals surface area contributed by atoms with Gasteiger partial charge >= 0.3 is 6.18 Å². The van der Waals surface area contributed by atoms with Gasteiger partial charge in [-0.15, -0.1) is 0 Å². The van der Waals surface area contributed by atoms with Crippen molar-refractivity contribution in [3.63, 3.8) is 0 Å². The molecule has 1 heterocycles. The minimum absolute atomic E-state index is 0.0257. The van der Waals surface area contributed by atoms with Gasteiger partial charge in [-0.1, -0.05) is 15.9 Å². The summed E-state index contributed by atoms with van der Waals surface area (Å²) in [7, 11) is 0. The Bertz CT molecular complexity index is 517. The van der Waals surface area contributed by atoms with Crippen LogP contribution in [-0.2, 0) is 10.9 Å². The highest BCUT2D eigenvalue weighted by molar-refractivity contribution is 9.10. The molecule has 1 aromatic rings. The molecule has 1 unspecified atom stereocenters. The molecule has 1 aromatic carbocycles. The Morgan fingerprint density at radius 2 is 2.24 bits per heavy atom. The zero-order chi connectivity index (χ0) is 15.5. The van der Waals surface area contributed by atoms with Gasteiger partial charge in [0.15, 0.2) is 0 Å². The van der Waals surface area contributed by atoms with E-state index < -0.39 is 17.6 Å². The molecule has 1 atom stereocenters. The van der Waals surface area contributed by atoms with E-state index in [1.165, 1.54) is 12.1 Å². The lowest BCUT2D eigenvalue weighted by Gasteiger charge is -2.24. The summed E-state index contributed by atoms with van der Waals surface area (Å²) < 4.78 is 43.5. The number of hydrogen-bond donors (Lipinski definition) is 2. The molecule has 1 saturated heterocycles. The SMILES string of the molecule is O=C(NCC1COCCN1)c1ccc(Br)c(C(F)(F)F)c1. The Balaban J connectivity index is 2.02. The van der Waals surface area contributed by atoms with E-state index in [9.17, 15) is 18.0 Å². The summed E-state index contributed by atoms with van der Waals surface area (Å²) in [5.41, 5.74) is -0.892. The van der Waals surface area contributed by atoms with Gasteiger partial charge in [0.05, 0.1) is 18.8 Å². The number of carbonyl (C=O) groups excluding carboxylic acids is 1. The summed E-state index contributed by atoms with van der Waals surface area (Å²) in [5, 5.41) is 5.75. The van der Waals surface area contributed by atoms with Crippen molar-refractivity contribution in [2.24, 2.45) is 0 Å². The molecule has 0 aromatic heterocycles. The minimum atomic E-state index is -4.51. The van der Waals surface area contributed by atoms with Gasteiger partial charge in [0.1, 0.15) is 0 Å². The number of amides is 1. The number of nitrogens with one attached hydrogen (secondary N) is 2. The van der Waals surface area contributed by atoms with E-state index in [0.717, 1.165) is 6.07 Å². The Labute approximate surface area is 128 Å². The Hall–Kier alpha value is -1.12. The first kappa shape index (κ1) is 16.3. The molecular formula is C13H14BrF3N2O2. The minimum Gasteiger partial charge on any atom is -0.378 e. The molecule has 0 saturated carbocycles. The van der Waals surface area contributed by atoms with Crippen molar-refractivity contribution in [3.05, 3.63) is 33.8 Å². The third-order valence-electron chi connectivity index (χ3n) is 3.04. The van der Waals surface area contributed by atoms with Gasteiger partial charge < -0.3 is 15.4 Å². The first-order chi connectivity index (χ1) is 9.88. The number of rotatable bonds is 3. The number of hydrogen-bond acceptors (Lipinski definition) is 3. The molecule has 21 heavy (non-hydrogen) atoms. The predicted molar refractivity (Wildman–Crippen MR) is 74.1 cm³/mol. The molecule has 1 aliphatic rings. The Morgan fingerprint density at radius 1 is 1.48 bits per heavy atom. The number of halogens is 4. The number of alkyl halides is 3. The van der Waals surface area contributed by atoms with Gasteiger partial charge in [-0.25, -0.2) is 0 Å². The zero-order valence-electron chi connectivity index (χ0n) is 11.0. The number of ether oxygens (including phenoxy) is 1. The van der Waals surface area contributed by atoms with Gasteiger partial charge in [0.25, 0.3) is 5.91 Å². The molecule has 0 spiro atoms. The molecule has 1 aliphatic heterocycles. The number of morpholine rings is 1. The van der Waals surface area contributed by atoms with Gasteiger partial charge in [-0.05, 0) is 18.2 Å². The van der Waals surface area contributed by atoms with Crippen molar-refractivity contribution in [1.82, 2.24) is 10.6 Å². The van der Waals surface area contributed by atoms with Crippen LogP contribution in [0, 0.1) is 0 Å². The lowest BCUT2D eigenvalue weighted by molar-refractivity contribution is -0.138. The summed E-state index contributed by atoms with van der Waals surface area (Å²) in [6.07, 6.45) is -4.51. The van der Waals surface area contributed by atoms with E-state index in [4.69, 9.17) is 4.74 Å². The molecule has 1 amide bonds. The fraction of sp³-hybridized carbons (Fsp3) is 0.462. The summed E-state index contributed by atoms with van der Waals surface area (Å²) in [6, 6.07) is 3.38. The number of benzene rings is 1. The van der Waals surface area contributed by atoms with Crippen molar-refractivity contribution >= 4 is 21.8 Å². The lowest BCUT2D eigenvalue weighted by atomic mass is 10.1. The summed E-state index contributed by atoms with van der Waals surface area (Å²) in [4.78, 5) is 11.9. The maximum absolute atomic E-state index is 12.8. The van der Waals surface area contributed by atoms with E-state index in [1.54, 1.807) is 0 Å². The van der Waals surface area contributed by atoms with E-state index in [0.29, 0.717) is 26.3 Å². The molecule has 0 bridgehead atoms. The predicted octanol–water partition coefficient (Wildman–Crippen LogP) is 2.19. The van der Waals surface area contributed by atoms with Crippen LogP contribution in [0.25, 0.3) is 0 Å². The molecular weight excluding hydrogens is 353 g/mol. The standard InChI is InChI=1S/C13H14BrF3N2O2/c14-11-2-1-8(5-10(11)13(15,16)17)12(20)19-6-9-7-21-4-3-18-9/h1-2,5,9,18H,3-4,6-7H2,(H,19,20). The van der Waals surface area contributed by atoms with Crippen LogP contribution in [0.4, 0.5) is 13.2 Å². The van der Waals surface area contributed by atoms with Crippen LogP contribution in [0.15, 0.2) is 22.7 Å². The van der Waals surface area contributed by atoms with Crippen molar-refractivity contribution < 1.29 is 22.7 Å². The van der Waals surface area contributed by atoms with Crippen LogP contribution >= 0.6 is 15.9 Å². The third kappa shape index (κ3) is 4.42. The summed E-state index contributed by atoms with van der Waals surface area (Å²) in [6.45, 7) is 2.08. The van der Waals surface area contributed by atoms with Crippen LogP contribution in [0.5, 0.6) is 0 Å². The van der Waals surface area contributed by atoms with Crippen molar-refractivity contribution in [2.75, 3.05) is 26.3 Å². The van der Waals surface area contributed by atoms with Crippen LogP contribution in [0.1, 0.15) is 15.9 Å². The van der Waals surface area contributed by atoms with E-state index in [1.807, 2.05) is 0 Å². The Morgan fingerprint density at radius 3 is 2.86 bits per heavy atom. The summed E-state index contributed by atoms with van der Waals surface area (Å²) in [5.74, 6) is -0.541. The van der Waals surface area contributed by atoms with Gasteiger partial charge in [-0.2, -0.15) is 13.2 Å². The molecule has 8 heteroatoms. The molecule has 2 rings (SSSR count). The zero-order valence-corrected chi connectivity index (χ0v) is 12.6. The maximum atomic E-state index is 12.8. The molecule has 0 aliphatic carbocycles. The average molecular weight is 367 g/mol. The topological polar surface area (TPSA) is 50.4 Å². The maximum Gasteiger partial charge on any atom is 0.417 e. The average Bonchev–Trinajstić information content (AvgIpc) is 2.45. The third-order valence-corrected chi connectivity index (χ3v) is 3.73. The van der Waals surface area contributed by atoms with Crippen molar-refractivity contribution in [2.45, 2.75) is 12.2 Å². The smallest absolute Gasteiger partial charge is 0.378 e. The van der Waals surface area contributed by atoms with E-state index in [-0.39, 0.29) is 16.1 Å².